The number of ether oxygens (including phenoxy) is 2. The molecular weight excluding hydrogens is 873 g/mol. The van der Waals surface area contributed by atoms with Crippen molar-refractivity contribution in [2.45, 2.75) is 386 Å². The molecule has 0 aromatic carbocycles. The van der Waals surface area contributed by atoms with Crippen LogP contribution in [0, 0.1) is 0 Å². The Kier molecular flexibility index (Phi) is 61.7. The predicted octanol–water partition coefficient (Wildman–Crippen LogP) is 22.3. The normalized spacial score (nSPS) is 12.1. The summed E-state index contributed by atoms with van der Waals surface area (Å²) in [6, 6.07) is 0. The van der Waals surface area contributed by atoms with Crippen LogP contribution in [0.25, 0.3) is 0 Å². The van der Waals surface area contributed by atoms with E-state index in [1.807, 2.05) is 0 Å². The molecular formula is C66H128O5. The first kappa shape index (κ1) is 69.6. The van der Waals surface area contributed by atoms with Crippen LogP contribution in [0.15, 0.2) is 12.2 Å². The lowest BCUT2D eigenvalue weighted by Gasteiger charge is -2.15. The van der Waals surface area contributed by atoms with Crippen LogP contribution in [0.2, 0.25) is 0 Å². The molecule has 5 heteroatoms. The molecule has 0 aliphatic rings. The van der Waals surface area contributed by atoms with Crippen LogP contribution in [0.5, 0.6) is 0 Å². The van der Waals surface area contributed by atoms with Crippen molar-refractivity contribution in [2.75, 3.05) is 13.2 Å². The molecule has 0 bridgehead atoms. The highest BCUT2D eigenvalue weighted by molar-refractivity contribution is 5.70. The molecule has 0 aromatic heterocycles. The number of carbonyl (C=O) groups excluding carboxylic acids is 2. The van der Waals surface area contributed by atoms with E-state index in [-0.39, 0.29) is 25.2 Å². The maximum absolute atomic E-state index is 12.3. The van der Waals surface area contributed by atoms with Gasteiger partial charge in [0.05, 0.1) is 6.61 Å². The quantitative estimate of drug-likeness (QED) is 0.0373. The van der Waals surface area contributed by atoms with E-state index in [4.69, 9.17) is 9.47 Å². The smallest absolute Gasteiger partial charge is 0.306 e. The van der Waals surface area contributed by atoms with Crippen LogP contribution in [0.3, 0.4) is 0 Å². The van der Waals surface area contributed by atoms with Gasteiger partial charge in [-0.15, -0.1) is 0 Å². The van der Waals surface area contributed by atoms with Gasteiger partial charge in [0.1, 0.15) is 6.61 Å². The first-order valence-corrected chi connectivity index (χ1v) is 32.7. The molecule has 0 heterocycles. The summed E-state index contributed by atoms with van der Waals surface area (Å²) in [5, 5.41) is 9.68. The number of rotatable bonds is 62. The highest BCUT2D eigenvalue weighted by Gasteiger charge is 2.16. The van der Waals surface area contributed by atoms with Crippen LogP contribution in [-0.4, -0.2) is 36.4 Å². The van der Waals surface area contributed by atoms with E-state index in [0.29, 0.717) is 12.8 Å². The van der Waals surface area contributed by atoms with Crippen LogP contribution in [0.4, 0.5) is 0 Å². The summed E-state index contributed by atoms with van der Waals surface area (Å²) >= 11 is 0. The Morgan fingerprint density at radius 3 is 0.761 bits per heavy atom. The standard InChI is InChI=1S/C66H128O5/c1-3-5-7-9-11-13-15-17-19-21-23-25-27-28-29-30-31-32-33-34-35-36-37-39-40-42-44-46-48-50-52-54-56-58-60-65(68)70-63-64(62-67)71-66(69)61-59-57-55-53-51-49-47-45-43-41-38-26-24-22-20-18-16-14-12-10-8-6-4-2/h22,24,64,67H,3-21,23,25-63H2,1-2H3/b24-22-. The lowest BCUT2D eigenvalue weighted by molar-refractivity contribution is -0.161. The maximum Gasteiger partial charge on any atom is 0.306 e. The fourth-order valence-electron chi connectivity index (χ4n) is 10.4. The largest absolute Gasteiger partial charge is 0.462 e. The van der Waals surface area contributed by atoms with Gasteiger partial charge in [-0.25, -0.2) is 0 Å². The summed E-state index contributed by atoms with van der Waals surface area (Å²) in [6.45, 7) is 4.21. The zero-order valence-electron chi connectivity index (χ0n) is 48.5. The summed E-state index contributed by atoms with van der Waals surface area (Å²) in [7, 11) is 0. The topological polar surface area (TPSA) is 72.8 Å². The summed E-state index contributed by atoms with van der Waals surface area (Å²) < 4.78 is 10.7. The second kappa shape index (κ2) is 62.9. The van der Waals surface area contributed by atoms with Gasteiger partial charge in [-0.3, -0.25) is 9.59 Å². The Hall–Kier alpha value is -1.36. The van der Waals surface area contributed by atoms with Crippen molar-refractivity contribution in [2.24, 2.45) is 0 Å². The van der Waals surface area contributed by atoms with Gasteiger partial charge in [0.25, 0.3) is 0 Å². The van der Waals surface area contributed by atoms with E-state index in [1.54, 1.807) is 0 Å². The number of unbranched alkanes of at least 4 members (excludes halogenated alkanes) is 52. The number of esters is 2. The van der Waals surface area contributed by atoms with Gasteiger partial charge < -0.3 is 14.6 Å². The molecule has 0 aliphatic heterocycles. The summed E-state index contributed by atoms with van der Waals surface area (Å²) in [4.78, 5) is 24.6. The van der Waals surface area contributed by atoms with Crippen LogP contribution < -0.4 is 0 Å². The van der Waals surface area contributed by atoms with Gasteiger partial charge in [-0.05, 0) is 38.5 Å². The zero-order chi connectivity index (χ0) is 51.3. The lowest BCUT2D eigenvalue weighted by Crippen LogP contribution is -2.28. The van der Waals surface area contributed by atoms with E-state index in [2.05, 4.69) is 26.0 Å². The van der Waals surface area contributed by atoms with E-state index in [0.717, 1.165) is 32.1 Å². The molecule has 1 atom stereocenters. The monoisotopic (exact) mass is 1000 g/mol. The Bertz CT molecular complexity index is 1040. The van der Waals surface area contributed by atoms with E-state index < -0.39 is 6.10 Å². The Labute approximate surface area is 445 Å². The van der Waals surface area contributed by atoms with E-state index in [9.17, 15) is 14.7 Å². The minimum Gasteiger partial charge on any atom is -0.462 e. The van der Waals surface area contributed by atoms with Crippen molar-refractivity contribution in [3.63, 3.8) is 0 Å². The van der Waals surface area contributed by atoms with Crippen molar-refractivity contribution in [1.82, 2.24) is 0 Å². The highest BCUT2D eigenvalue weighted by atomic mass is 16.6. The van der Waals surface area contributed by atoms with Crippen LogP contribution in [0.1, 0.15) is 380 Å². The van der Waals surface area contributed by atoms with Crippen molar-refractivity contribution in [3.8, 4) is 0 Å². The molecule has 0 saturated carbocycles. The third kappa shape index (κ3) is 61.1. The molecule has 0 rings (SSSR count). The average molecular weight is 1000 g/mol. The van der Waals surface area contributed by atoms with E-state index >= 15 is 0 Å². The minimum absolute atomic E-state index is 0.0583. The Balaban J connectivity index is 3.37. The first-order valence-electron chi connectivity index (χ1n) is 32.7. The van der Waals surface area contributed by atoms with Gasteiger partial charge in [0.2, 0.25) is 0 Å². The van der Waals surface area contributed by atoms with Gasteiger partial charge in [0, 0.05) is 12.8 Å². The molecule has 0 aromatic rings. The molecule has 0 saturated heterocycles. The molecule has 71 heavy (non-hydrogen) atoms. The maximum atomic E-state index is 12.3. The molecule has 1 N–H and O–H groups in total. The van der Waals surface area contributed by atoms with Gasteiger partial charge in [0.15, 0.2) is 6.10 Å². The Morgan fingerprint density at radius 2 is 0.521 bits per heavy atom. The summed E-state index contributed by atoms with van der Waals surface area (Å²) in [5.41, 5.74) is 0. The first-order chi connectivity index (χ1) is 35.1. The van der Waals surface area contributed by atoms with Crippen molar-refractivity contribution < 1.29 is 24.2 Å². The van der Waals surface area contributed by atoms with Crippen molar-refractivity contribution in [3.05, 3.63) is 12.2 Å². The Morgan fingerprint density at radius 1 is 0.310 bits per heavy atom. The molecule has 5 nitrogen and oxygen atoms in total. The second-order valence-electron chi connectivity index (χ2n) is 22.6. The molecule has 0 fully saturated rings. The number of hydrogen-bond donors (Lipinski definition) is 1. The molecule has 0 aliphatic carbocycles. The molecule has 0 spiro atoms. The molecule has 0 radical (unpaired) electrons. The number of aliphatic hydroxyl groups is 1. The van der Waals surface area contributed by atoms with Gasteiger partial charge in [-0.2, -0.15) is 0 Å². The lowest BCUT2D eigenvalue weighted by atomic mass is 10.0. The third-order valence-electron chi connectivity index (χ3n) is 15.3. The predicted molar refractivity (Wildman–Crippen MR) is 312 cm³/mol. The number of hydrogen-bond acceptors (Lipinski definition) is 5. The molecule has 0 amide bonds. The second-order valence-corrected chi connectivity index (χ2v) is 22.6. The third-order valence-corrected chi connectivity index (χ3v) is 15.3. The fraction of sp³-hybridized carbons (Fsp3) is 0.939. The van der Waals surface area contributed by atoms with Crippen LogP contribution >= 0.6 is 0 Å². The zero-order valence-corrected chi connectivity index (χ0v) is 48.5. The number of allylic oxidation sites excluding steroid dienone is 2. The van der Waals surface area contributed by atoms with Gasteiger partial charge >= 0.3 is 11.9 Å². The fourth-order valence-corrected chi connectivity index (χ4v) is 10.4. The number of carbonyl (C=O) groups is 2. The molecule has 422 valence electrons. The summed E-state index contributed by atoms with van der Waals surface area (Å²) in [6.07, 6.45) is 79.5. The minimum atomic E-state index is -0.768. The van der Waals surface area contributed by atoms with Crippen molar-refractivity contribution >= 4 is 11.9 Å². The van der Waals surface area contributed by atoms with Gasteiger partial charge in [-0.1, -0.05) is 341 Å². The summed E-state index contributed by atoms with van der Waals surface area (Å²) in [5.74, 6) is -0.566. The molecule has 1 unspecified atom stereocenters. The van der Waals surface area contributed by atoms with Crippen LogP contribution in [-0.2, 0) is 19.1 Å². The average Bonchev–Trinajstić information content (AvgIpc) is 3.37. The number of aliphatic hydroxyl groups excluding tert-OH is 1. The van der Waals surface area contributed by atoms with E-state index in [1.165, 1.54) is 321 Å². The SMILES string of the molecule is CCCCCCCCCC/C=C\CCCCCCCCCCCCCC(=O)OC(CO)COC(=O)CCCCCCCCCCCCCCCCCCCCCCCCCCCCCCCCCCCC. The van der Waals surface area contributed by atoms with Crippen molar-refractivity contribution in [1.29, 1.82) is 0 Å². The highest BCUT2D eigenvalue weighted by Crippen LogP contribution is 2.19.